The highest BCUT2D eigenvalue weighted by molar-refractivity contribution is 5.96. The van der Waals surface area contributed by atoms with Gasteiger partial charge in [0.15, 0.2) is 0 Å². The fourth-order valence-corrected chi connectivity index (χ4v) is 3.05. The number of rotatable bonds is 10. The molecule has 0 saturated heterocycles. The van der Waals surface area contributed by atoms with Crippen LogP contribution >= 0.6 is 0 Å². The van der Waals surface area contributed by atoms with Crippen LogP contribution in [0.4, 0.5) is 11.4 Å². The third kappa shape index (κ3) is 7.19. The smallest absolute Gasteiger partial charge is 0.251 e. The van der Waals surface area contributed by atoms with Crippen molar-refractivity contribution in [3.63, 3.8) is 0 Å². The molecule has 0 heterocycles. The van der Waals surface area contributed by atoms with Gasteiger partial charge >= 0.3 is 0 Å². The molecule has 0 radical (unpaired) electrons. The molecule has 6 nitrogen and oxygen atoms in total. The molecule has 31 heavy (non-hydrogen) atoms. The molecule has 6 heteroatoms. The van der Waals surface area contributed by atoms with Crippen LogP contribution in [0.15, 0.2) is 78.9 Å². The van der Waals surface area contributed by atoms with Crippen LogP contribution in [0.25, 0.3) is 0 Å². The Morgan fingerprint density at radius 3 is 2.39 bits per heavy atom. The van der Waals surface area contributed by atoms with Gasteiger partial charge in [-0.2, -0.15) is 0 Å². The van der Waals surface area contributed by atoms with E-state index in [4.69, 9.17) is 4.74 Å². The SMILES string of the molecule is CNC(=O)c1cccc(NCC(=O)Nc2ccc(OCCCc3ccccc3)cc2)c1. The van der Waals surface area contributed by atoms with Crippen LogP contribution in [0, 0.1) is 0 Å². The van der Waals surface area contributed by atoms with Gasteiger partial charge in [0.25, 0.3) is 5.91 Å². The van der Waals surface area contributed by atoms with Crippen LogP contribution in [-0.2, 0) is 11.2 Å². The van der Waals surface area contributed by atoms with Crippen molar-refractivity contribution < 1.29 is 14.3 Å². The number of hydrogen-bond acceptors (Lipinski definition) is 4. The number of hydrogen-bond donors (Lipinski definition) is 3. The van der Waals surface area contributed by atoms with Gasteiger partial charge in [0.05, 0.1) is 13.2 Å². The molecule has 0 saturated carbocycles. The van der Waals surface area contributed by atoms with Gasteiger partial charge in [0.2, 0.25) is 5.91 Å². The van der Waals surface area contributed by atoms with E-state index < -0.39 is 0 Å². The maximum absolute atomic E-state index is 12.2. The Labute approximate surface area is 182 Å². The zero-order valence-electron chi connectivity index (χ0n) is 17.6. The third-order valence-electron chi connectivity index (χ3n) is 4.66. The predicted molar refractivity (Wildman–Crippen MR) is 124 cm³/mol. The Bertz CT molecular complexity index is 988. The molecule has 0 atom stereocenters. The molecule has 0 unspecified atom stereocenters. The van der Waals surface area contributed by atoms with E-state index in [1.807, 2.05) is 48.5 Å². The molecule has 0 bridgehead atoms. The number of ether oxygens (including phenoxy) is 1. The van der Waals surface area contributed by atoms with Crippen molar-refractivity contribution in [3.05, 3.63) is 90.0 Å². The van der Waals surface area contributed by atoms with Crippen molar-refractivity contribution in [1.82, 2.24) is 5.32 Å². The van der Waals surface area contributed by atoms with E-state index in [2.05, 4.69) is 28.1 Å². The maximum Gasteiger partial charge on any atom is 0.251 e. The molecule has 0 aliphatic rings. The van der Waals surface area contributed by atoms with Crippen molar-refractivity contribution in [2.75, 3.05) is 30.8 Å². The summed E-state index contributed by atoms with van der Waals surface area (Å²) in [6, 6.07) is 24.7. The van der Waals surface area contributed by atoms with Gasteiger partial charge in [-0.25, -0.2) is 0 Å². The Hall–Kier alpha value is -3.80. The zero-order valence-corrected chi connectivity index (χ0v) is 17.6. The number of nitrogens with one attached hydrogen (secondary N) is 3. The lowest BCUT2D eigenvalue weighted by molar-refractivity contribution is -0.114. The van der Waals surface area contributed by atoms with Crippen molar-refractivity contribution in [3.8, 4) is 5.75 Å². The van der Waals surface area contributed by atoms with E-state index in [0.29, 0.717) is 23.5 Å². The van der Waals surface area contributed by atoms with Gasteiger partial charge in [-0.05, 0) is 60.9 Å². The fraction of sp³-hybridized carbons (Fsp3) is 0.200. The Morgan fingerprint density at radius 2 is 1.65 bits per heavy atom. The average Bonchev–Trinajstić information content (AvgIpc) is 2.82. The molecule has 3 aromatic rings. The molecular weight excluding hydrogens is 390 g/mol. The van der Waals surface area contributed by atoms with Crippen LogP contribution in [0.1, 0.15) is 22.3 Å². The minimum atomic E-state index is -0.179. The minimum Gasteiger partial charge on any atom is -0.494 e. The lowest BCUT2D eigenvalue weighted by Gasteiger charge is -2.10. The standard InChI is InChI=1S/C25H27N3O3/c1-26-25(30)20-10-5-11-22(17-20)27-18-24(29)28-21-12-14-23(15-13-21)31-16-6-9-19-7-3-2-4-8-19/h2-5,7-8,10-15,17,27H,6,9,16,18H2,1H3,(H,26,30)(H,28,29). The lowest BCUT2D eigenvalue weighted by atomic mass is 10.1. The third-order valence-corrected chi connectivity index (χ3v) is 4.66. The lowest BCUT2D eigenvalue weighted by Crippen LogP contribution is -2.22. The second-order valence-corrected chi connectivity index (χ2v) is 7.02. The summed E-state index contributed by atoms with van der Waals surface area (Å²) in [5, 5.41) is 8.44. The molecule has 0 aliphatic heterocycles. The van der Waals surface area contributed by atoms with Gasteiger partial charge < -0.3 is 20.7 Å². The van der Waals surface area contributed by atoms with Gasteiger partial charge in [-0.15, -0.1) is 0 Å². The van der Waals surface area contributed by atoms with Gasteiger partial charge in [-0.1, -0.05) is 36.4 Å². The normalized spacial score (nSPS) is 10.2. The fourth-order valence-electron chi connectivity index (χ4n) is 3.05. The average molecular weight is 418 g/mol. The van der Waals surface area contributed by atoms with Crippen LogP contribution in [0.3, 0.4) is 0 Å². The topological polar surface area (TPSA) is 79.5 Å². The van der Waals surface area contributed by atoms with Gasteiger partial charge in [0.1, 0.15) is 5.75 Å². The van der Waals surface area contributed by atoms with E-state index in [1.165, 1.54) is 5.56 Å². The van der Waals surface area contributed by atoms with Crippen molar-refractivity contribution in [2.24, 2.45) is 0 Å². The summed E-state index contributed by atoms with van der Waals surface area (Å²) in [4.78, 5) is 23.9. The summed E-state index contributed by atoms with van der Waals surface area (Å²) in [6.45, 7) is 0.731. The number of amides is 2. The maximum atomic E-state index is 12.2. The predicted octanol–water partition coefficient (Wildman–Crippen LogP) is 4.11. The highest BCUT2D eigenvalue weighted by Gasteiger charge is 2.06. The second kappa shape index (κ2) is 11.4. The van der Waals surface area contributed by atoms with Gasteiger partial charge in [-0.3, -0.25) is 9.59 Å². The van der Waals surface area contributed by atoms with E-state index >= 15 is 0 Å². The van der Waals surface area contributed by atoms with Crippen LogP contribution in [-0.4, -0.2) is 32.0 Å². The summed E-state index contributed by atoms with van der Waals surface area (Å²) in [6.07, 6.45) is 1.92. The zero-order chi connectivity index (χ0) is 21.9. The minimum absolute atomic E-state index is 0.0922. The number of benzene rings is 3. The Morgan fingerprint density at radius 1 is 0.871 bits per heavy atom. The van der Waals surface area contributed by atoms with E-state index in [0.717, 1.165) is 18.6 Å². The van der Waals surface area contributed by atoms with E-state index in [-0.39, 0.29) is 18.4 Å². The molecule has 3 aromatic carbocycles. The highest BCUT2D eigenvalue weighted by atomic mass is 16.5. The highest BCUT2D eigenvalue weighted by Crippen LogP contribution is 2.16. The molecule has 2 amide bonds. The summed E-state index contributed by atoms with van der Waals surface area (Å²) < 4.78 is 5.78. The first kappa shape index (κ1) is 21.9. The first-order valence-electron chi connectivity index (χ1n) is 10.3. The molecule has 160 valence electrons. The van der Waals surface area contributed by atoms with Crippen LogP contribution in [0.5, 0.6) is 5.75 Å². The van der Waals surface area contributed by atoms with Crippen molar-refractivity contribution in [1.29, 1.82) is 0 Å². The van der Waals surface area contributed by atoms with Crippen molar-refractivity contribution >= 4 is 23.2 Å². The first-order valence-corrected chi connectivity index (χ1v) is 10.3. The molecule has 0 spiro atoms. The quantitative estimate of drug-likeness (QED) is 0.434. The number of carbonyl (C=O) groups excluding carboxylic acids is 2. The molecular formula is C25H27N3O3. The largest absolute Gasteiger partial charge is 0.494 e. The second-order valence-electron chi connectivity index (χ2n) is 7.02. The molecule has 0 aromatic heterocycles. The molecule has 0 fully saturated rings. The van der Waals surface area contributed by atoms with E-state index in [1.54, 1.807) is 25.2 Å². The van der Waals surface area contributed by atoms with Gasteiger partial charge in [0, 0.05) is 24.0 Å². The number of anilines is 2. The molecule has 3 rings (SSSR count). The van der Waals surface area contributed by atoms with Crippen LogP contribution < -0.4 is 20.7 Å². The monoisotopic (exact) mass is 417 g/mol. The molecule has 0 aliphatic carbocycles. The van der Waals surface area contributed by atoms with Crippen molar-refractivity contribution in [2.45, 2.75) is 12.8 Å². The Kier molecular flexibility index (Phi) is 8.05. The summed E-state index contributed by atoms with van der Waals surface area (Å²) in [7, 11) is 1.58. The number of aryl methyl sites for hydroxylation is 1. The number of carbonyl (C=O) groups is 2. The van der Waals surface area contributed by atoms with E-state index in [9.17, 15) is 9.59 Å². The van der Waals surface area contributed by atoms with Crippen LogP contribution in [0.2, 0.25) is 0 Å². The summed E-state index contributed by atoms with van der Waals surface area (Å²) >= 11 is 0. The molecule has 3 N–H and O–H groups in total. The first-order chi connectivity index (χ1) is 15.1. The Balaban J connectivity index is 1.40. The summed E-state index contributed by atoms with van der Waals surface area (Å²) in [5.74, 6) is 0.424. The summed E-state index contributed by atoms with van der Waals surface area (Å²) in [5.41, 5.74) is 3.24.